The molecule has 81 heavy (non-hydrogen) atoms. The quantitative estimate of drug-likeness (QED) is 0.0396. The summed E-state index contributed by atoms with van der Waals surface area (Å²) in [5, 5.41) is 22.1. The first-order chi connectivity index (χ1) is 38.0. The van der Waals surface area contributed by atoms with Crippen molar-refractivity contribution in [1.82, 2.24) is 46.0 Å². The molecule has 0 spiro atoms. The Kier molecular flexibility index (Phi) is 18.9. The van der Waals surface area contributed by atoms with Gasteiger partial charge in [-0.2, -0.15) is 40.2 Å². The summed E-state index contributed by atoms with van der Waals surface area (Å²) in [5.41, 5.74) is -4.41. The van der Waals surface area contributed by atoms with Crippen LogP contribution in [0.4, 0.5) is 59.3 Å². The Bertz CT molecular complexity index is 2910. The summed E-state index contributed by atoms with van der Waals surface area (Å²) < 4.78 is 160. The van der Waals surface area contributed by atoms with Crippen LogP contribution in [0.5, 0.6) is 0 Å². The monoisotopic (exact) mass is 1150 g/mol. The first-order valence-electron chi connectivity index (χ1n) is 25.3. The van der Waals surface area contributed by atoms with Gasteiger partial charge in [0.05, 0.1) is 62.1 Å². The molecule has 28 heteroatoms. The first kappa shape index (κ1) is 61.4. The second kappa shape index (κ2) is 24.9. The van der Waals surface area contributed by atoms with E-state index in [1.54, 1.807) is 23.6 Å². The minimum atomic E-state index is -5.23. The Labute approximate surface area is 458 Å². The molecule has 0 saturated carbocycles. The number of nitrogens with zero attached hydrogens (tertiary/aromatic N) is 6. The number of hydrazine groups is 1. The average molecular weight is 1160 g/mol. The highest BCUT2D eigenvalue weighted by molar-refractivity contribution is 5.87. The number of carbonyl (C=O) groups is 4. The lowest BCUT2D eigenvalue weighted by atomic mass is 9.82. The molecule has 6 atom stereocenters. The number of rotatable bonds is 19. The lowest BCUT2D eigenvalue weighted by Gasteiger charge is -2.38. The molecule has 18 nitrogen and oxygen atoms in total. The van der Waals surface area contributed by atoms with Crippen LogP contribution in [0.2, 0.25) is 0 Å². The van der Waals surface area contributed by atoms with Crippen LogP contribution < -0.4 is 26.3 Å². The van der Waals surface area contributed by atoms with Gasteiger partial charge in [0.25, 0.3) is 5.91 Å². The predicted molar refractivity (Wildman–Crippen MR) is 269 cm³/mol. The number of anilines is 1. The maximum absolute atomic E-state index is 16.0. The van der Waals surface area contributed by atoms with Crippen molar-refractivity contribution in [2.75, 3.05) is 65.1 Å². The highest BCUT2D eigenvalue weighted by Gasteiger charge is 2.57. The van der Waals surface area contributed by atoms with Crippen LogP contribution in [-0.2, 0) is 36.8 Å². The minimum Gasteiger partial charge on any atom is -0.453 e. The van der Waals surface area contributed by atoms with E-state index in [0.29, 0.717) is 73.8 Å². The van der Waals surface area contributed by atoms with Crippen LogP contribution >= 0.6 is 0 Å². The third-order valence-corrected chi connectivity index (χ3v) is 14.9. The molecule has 5 heterocycles. The van der Waals surface area contributed by atoms with Gasteiger partial charge in [0.2, 0.25) is 5.91 Å². The van der Waals surface area contributed by atoms with Crippen LogP contribution in [0.1, 0.15) is 56.5 Å². The zero-order chi connectivity index (χ0) is 59.4. The number of amides is 4. The fraction of sp³-hybridized carbons (Fsp3) is 0.509. The van der Waals surface area contributed by atoms with Crippen molar-refractivity contribution in [3.63, 3.8) is 0 Å². The van der Waals surface area contributed by atoms with Crippen molar-refractivity contribution in [1.29, 1.82) is 0 Å². The van der Waals surface area contributed by atoms with E-state index in [4.69, 9.17) is 4.74 Å². The number of hydrogen-bond acceptors (Lipinski definition) is 13. The summed E-state index contributed by atoms with van der Waals surface area (Å²) in [6.45, 7) is 2.21. The van der Waals surface area contributed by atoms with Crippen LogP contribution in [0, 0.1) is 46.1 Å². The molecule has 5 N–H and O–H groups in total. The molecule has 3 fully saturated rings. The van der Waals surface area contributed by atoms with E-state index in [2.05, 4.69) is 46.5 Å². The molecule has 4 amide bonds. The van der Waals surface area contributed by atoms with E-state index in [1.807, 2.05) is 22.9 Å². The predicted octanol–water partition coefficient (Wildman–Crippen LogP) is 6.33. The van der Waals surface area contributed by atoms with Crippen molar-refractivity contribution >= 4 is 29.8 Å². The number of alkyl halides is 8. The number of methoxy groups -OCH3 is 2. The highest BCUT2D eigenvalue weighted by Crippen LogP contribution is 2.42. The number of alkyl carbamates (subject to hydrolysis) is 2. The SMILES string of the molecule is COC(=O)N[C@H](C(=O)N[C@@H](Cc1ccc(C#Cc2ccc(N3C[C@@H]4CN(C5COC5)C[C@@H]4C3)nc2)cc1)[C@@H](O)CN(Cc1c(F)cc(-c2ccn(C(F)F)n2)cc1F)NC(=O)[C@@H](NC(=O)OC)C(C)(C)C(F)(F)F)C(C)(C)C(F)(F)F. The van der Waals surface area contributed by atoms with E-state index in [-0.39, 0.29) is 21.5 Å². The first-order valence-corrected chi connectivity index (χ1v) is 25.3. The molecule has 3 saturated heterocycles. The Morgan fingerprint density at radius 2 is 1.32 bits per heavy atom. The summed E-state index contributed by atoms with van der Waals surface area (Å²) in [7, 11) is 1.60. The van der Waals surface area contributed by atoms with Gasteiger partial charge in [0.1, 0.15) is 29.5 Å². The van der Waals surface area contributed by atoms with E-state index in [9.17, 15) is 59.4 Å². The number of benzene rings is 2. The van der Waals surface area contributed by atoms with Gasteiger partial charge in [-0.05, 0) is 94.0 Å². The van der Waals surface area contributed by atoms with Gasteiger partial charge in [-0.1, -0.05) is 24.0 Å². The second-order valence-corrected chi connectivity index (χ2v) is 21.1. The summed E-state index contributed by atoms with van der Waals surface area (Å²) in [4.78, 5) is 62.3. The molecule has 3 aliphatic heterocycles. The number of ether oxygens (including phenoxy) is 3. The van der Waals surface area contributed by atoms with E-state index in [1.165, 1.54) is 12.1 Å². The summed E-state index contributed by atoms with van der Waals surface area (Å²) in [6, 6.07) is 5.83. The summed E-state index contributed by atoms with van der Waals surface area (Å²) in [6.07, 6.45) is -13.5. The summed E-state index contributed by atoms with van der Waals surface area (Å²) >= 11 is 0. The molecule has 3 aliphatic rings. The molecule has 0 unspecified atom stereocenters. The fourth-order valence-corrected chi connectivity index (χ4v) is 9.51. The molecule has 0 aliphatic carbocycles. The van der Waals surface area contributed by atoms with Crippen LogP contribution in [0.15, 0.2) is 67.0 Å². The topological polar surface area (TPSA) is 205 Å². The molecular weight excluding hydrogens is 1090 g/mol. The lowest BCUT2D eigenvalue weighted by Crippen LogP contribution is -2.63. The van der Waals surface area contributed by atoms with E-state index in [0.717, 1.165) is 71.7 Å². The maximum Gasteiger partial charge on any atom is 0.407 e. The van der Waals surface area contributed by atoms with Gasteiger partial charge in [0.15, 0.2) is 0 Å². The maximum atomic E-state index is 16.0. The highest BCUT2D eigenvalue weighted by atomic mass is 19.4. The van der Waals surface area contributed by atoms with Crippen LogP contribution in [0.3, 0.4) is 0 Å². The largest absolute Gasteiger partial charge is 0.453 e. The van der Waals surface area contributed by atoms with Gasteiger partial charge in [-0.15, -0.1) is 0 Å². The standard InChI is InChI=1S/C53H60F10N10O8/c1-50(2,52(58,59)60)43(66-48(77)79-5)45(75)65-40(17-30-10-7-29(8-11-30)9-12-31-13-14-42(64-20-31)71-23-33-21-70(22-34(33)24-71)35-27-81-28-35)41(74)26-72(69-46(76)44(67-49(78)80-6)51(3,4)53(61,62)63)25-36-37(54)18-32(19-38(36)55)39-15-16-73(68-39)47(56)57/h7-8,10-11,13-16,18-20,33-35,40-41,43-44,47,74H,17,21-28H2,1-6H3,(H,65,75)(H,66,77)(H,67,78)(H,69,76)/t33-,34+,40-,41-,43+,44+/m0/s1. The van der Waals surface area contributed by atoms with Gasteiger partial charge >= 0.3 is 31.1 Å². The Balaban J connectivity index is 1.17. The molecule has 4 aromatic rings. The van der Waals surface area contributed by atoms with Crippen molar-refractivity contribution < 1.29 is 82.4 Å². The molecule has 2 aromatic heterocycles. The van der Waals surface area contributed by atoms with Crippen molar-refractivity contribution in [2.45, 2.75) is 89.8 Å². The minimum absolute atomic E-state index is 0.199. The van der Waals surface area contributed by atoms with E-state index >= 15 is 8.78 Å². The van der Waals surface area contributed by atoms with Gasteiger partial charge in [0, 0.05) is 73.9 Å². The Morgan fingerprint density at radius 1 is 0.778 bits per heavy atom. The number of aliphatic hydroxyl groups is 1. The number of carbonyl (C=O) groups excluding carboxylic acids is 4. The van der Waals surface area contributed by atoms with Gasteiger partial charge in [-0.25, -0.2) is 33.0 Å². The molecule has 0 radical (unpaired) electrons. The number of fused-ring (bicyclic) bond motifs is 1. The number of likely N-dealkylation sites (tertiary alicyclic amines) is 1. The number of hydrogen-bond donors (Lipinski definition) is 5. The molecule has 2 aromatic carbocycles. The number of aromatic nitrogens is 3. The average Bonchev–Trinajstić information content (AvgIpc) is 4.28. The van der Waals surface area contributed by atoms with Gasteiger partial charge < -0.3 is 40.2 Å². The van der Waals surface area contributed by atoms with Gasteiger partial charge in [-0.3, -0.25) is 19.9 Å². The second-order valence-electron chi connectivity index (χ2n) is 21.1. The zero-order valence-corrected chi connectivity index (χ0v) is 44.6. The molecular formula is C53H60F10N10O8. The number of nitrogens with one attached hydrogen (secondary N) is 4. The number of aliphatic hydroxyl groups excluding tert-OH is 1. The van der Waals surface area contributed by atoms with Crippen molar-refractivity contribution in [2.24, 2.45) is 22.7 Å². The van der Waals surface area contributed by atoms with Crippen molar-refractivity contribution in [3.8, 4) is 23.1 Å². The normalized spacial score (nSPS) is 18.5. The lowest BCUT2D eigenvalue weighted by molar-refractivity contribution is -0.221. The Morgan fingerprint density at radius 3 is 1.80 bits per heavy atom. The third-order valence-electron chi connectivity index (χ3n) is 14.9. The number of halogens is 10. The van der Waals surface area contributed by atoms with Crippen LogP contribution in [0.25, 0.3) is 11.3 Å². The Hall–Kier alpha value is -7.22. The zero-order valence-electron chi connectivity index (χ0n) is 44.6. The molecule has 7 rings (SSSR count). The van der Waals surface area contributed by atoms with Crippen LogP contribution in [-0.4, -0.2) is 157 Å². The third kappa shape index (κ3) is 14.5. The molecule has 0 bridgehead atoms. The number of pyridine rings is 1. The molecule has 440 valence electrons. The van der Waals surface area contributed by atoms with E-state index < -0.39 is 115 Å². The summed E-state index contributed by atoms with van der Waals surface area (Å²) in [5.74, 6) is 1.85. The fourth-order valence-electron chi connectivity index (χ4n) is 9.51. The smallest absolute Gasteiger partial charge is 0.407 e. The van der Waals surface area contributed by atoms with Crippen molar-refractivity contribution in [3.05, 3.63) is 101 Å².